The van der Waals surface area contributed by atoms with E-state index < -0.39 is 29.4 Å². The van der Waals surface area contributed by atoms with Crippen LogP contribution in [0.1, 0.15) is 134 Å². The maximum Gasteiger partial charge on any atom is 0.407 e. The number of hydrogen-bond donors (Lipinski definition) is 4. The highest BCUT2D eigenvalue weighted by molar-refractivity contribution is 5.85. The van der Waals surface area contributed by atoms with E-state index in [9.17, 15) is 24.0 Å². The largest absolute Gasteiger partial charge is 0.460 e. The highest BCUT2D eigenvalue weighted by Gasteiger charge is 2.30. The van der Waals surface area contributed by atoms with E-state index in [2.05, 4.69) is 71.0 Å². The van der Waals surface area contributed by atoms with E-state index in [1.807, 2.05) is 65.8 Å². The molecule has 5 N–H and O–H groups in total. The number of benzene rings is 2. The Morgan fingerprint density at radius 3 is 1.58 bits per heavy atom. The van der Waals surface area contributed by atoms with Gasteiger partial charge in [0.15, 0.2) is 11.6 Å². The lowest BCUT2D eigenvalue weighted by Gasteiger charge is -2.20. The first-order valence-corrected chi connectivity index (χ1v) is 22.1. The van der Waals surface area contributed by atoms with E-state index in [0.29, 0.717) is 56.6 Å². The summed E-state index contributed by atoms with van der Waals surface area (Å²) >= 11 is 0. The molecule has 1 aliphatic rings. The summed E-state index contributed by atoms with van der Waals surface area (Å²) in [5.41, 5.74) is 9.37. The average molecular weight is 903 g/mol. The zero-order valence-electron chi connectivity index (χ0n) is 39.0. The van der Waals surface area contributed by atoms with Crippen molar-refractivity contribution in [3.63, 3.8) is 0 Å². The summed E-state index contributed by atoms with van der Waals surface area (Å²) in [6.45, 7) is 11.5. The fourth-order valence-electron chi connectivity index (χ4n) is 6.95. The number of unbranched alkanes of at least 4 members (excludes halogenated alkanes) is 4. The molecule has 2 aromatic carbocycles. The Hall–Kier alpha value is -6.31. The third kappa shape index (κ3) is 18.4. The molecule has 0 saturated heterocycles. The Kier molecular flexibility index (Phi) is 19.5. The first-order chi connectivity index (χ1) is 30.8. The molecule has 20 heteroatoms. The molecule has 20 nitrogen and oxygen atoms in total. The normalized spacial score (nSPS) is 13.0. The number of ether oxygens (including phenoxy) is 3. The number of fused-ring (bicyclic) bond motifs is 3. The van der Waals surface area contributed by atoms with Crippen molar-refractivity contribution in [1.82, 2.24) is 56.4 Å². The van der Waals surface area contributed by atoms with Crippen molar-refractivity contribution in [3.05, 3.63) is 71.3 Å². The van der Waals surface area contributed by atoms with Crippen molar-refractivity contribution in [2.24, 2.45) is 19.8 Å². The minimum absolute atomic E-state index is 0.0776. The summed E-state index contributed by atoms with van der Waals surface area (Å²) < 4.78 is 16.2. The Morgan fingerprint density at radius 1 is 0.662 bits per heavy atom. The van der Waals surface area contributed by atoms with Gasteiger partial charge in [0.2, 0.25) is 11.8 Å². The maximum atomic E-state index is 13.0. The number of rotatable bonds is 21. The monoisotopic (exact) mass is 903 g/mol. The Morgan fingerprint density at radius 2 is 1.12 bits per heavy atom. The molecule has 0 radical (unpaired) electrons. The van der Waals surface area contributed by atoms with E-state index in [1.165, 1.54) is 9.59 Å². The summed E-state index contributed by atoms with van der Waals surface area (Å²) in [4.78, 5) is 64.0. The number of hydrogen-bond acceptors (Lipinski definition) is 15. The Bertz CT molecular complexity index is 2130. The van der Waals surface area contributed by atoms with Gasteiger partial charge >= 0.3 is 18.0 Å². The van der Waals surface area contributed by atoms with Crippen LogP contribution in [0.15, 0.2) is 48.5 Å². The van der Waals surface area contributed by atoms with Gasteiger partial charge < -0.3 is 35.9 Å². The van der Waals surface area contributed by atoms with E-state index >= 15 is 0 Å². The second kappa shape index (κ2) is 24.7. The molecule has 0 unspecified atom stereocenters. The number of nitrogens with two attached hydrogens (primary N) is 1. The van der Waals surface area contributed by atoms with E-state index in [1.54, 1.807) is 14.1 Å². The first kappa shape index (κ1) is 51.3. The lowest BCUT2D eigenvalue weighted by Crippen LogP contribution is -2.47. The lowest BCUT2D eigenvalue weighted by molar-refractivity contribution is -0.156. The molecule has 2 aromatic heterocycles. The number of tetrazole rings is 2. The van der Waals surface area contributed by atoms with Crippen LogP contribution < -0.4 is 21.7 Å². The first-order valence-electron chi connectivity index (χ1n) is 22.1. The van der Waals surface area contributed by atoms with Crippen molar-refractivity contribution in [3.8, 4) is 11.1 Å². The topological polar surface area (TPSA) is 262 Å². The van der Waals surface area contributed by atoms with E-state index in [4.69, 9.17) is 19.9 Å². The van der Waals surface area contributed by atoms with Crippen LogP contribution in [0.5, 0.6) is 0 Å². The number of esters is 2. The zero-order chi connectivity index (χ0) is 47.6. The van der Waals surface area contributed by atoms with Crippen molar-refractivity contribution >= 4 is 29.8 Å². The molecule has 2 atom stereocenters. The molecule has 0 saturated carbocycles. The Labute approximate surface area is 380 Å². The molecular formula is C45H66N12O8. The summed E-state index contributed by atoms with van der Waals surface area (Å²) in [7, 11) is 3.29. The molecule has 5 rings (SSSR count). The molecule has 3 amide bonds. The number of aromatic nitrogens is 8. The molecule has 354 valence electrons. The Balaban J connectivity index is 0.000000329. The van der Waals surface area contributed by atoms with E-state index in [-0.39, 0.29) is 49.4 Å². The fourth-order valence-corrected chi connectivity index (χ4v) is 6.95. The maximum absolute atomic E-state index is 13.0. The number of aryl methyl sites for hydroxylation is 2. The minimum Gasteiger partial charge on any atom is -0.460 e. The molecule has 65 heavy (non-hydrogen) atoms. The summed E-state index contributed by atoms with van der Waals surface area (Å²) in [6, 6.07) is 14.8. The van der Waals surface area contributed by atoms with Gasteiger partial charge in [0.05, 0.1) is 33.2 Å². The van der Waals surface area contributed by atoms with Gasteiger partial charge in [-0.15, -0.1) is 20.4 Å². The van der Waals surface area contributed by atoms with Crippen molar-refractivity contribution in [2.45, 2.75) is 148 Å². The van der Waals surface area contributed by atoms with Crippen LogP contribution in [0.2, 0.25) is 0 Å². The molecule has 2 heterocycles. The van der Waals surface area contributed by atoms with Gasteiger partial charge in [-0.1, -0.05) is 74.2 Å². The number of nitrogens with one attached hydrogen (secondary N) is 3. The van der Waals surface area contributed by atoms with Gasteiger partial charge in [0.25, 0.3) is 0 Å². The standard InChI is InChI=1S/C30H38N6O5.C15H28N6O3/c1-30(2,3)41-27(37)17-7-5-6-16-25(28(38)31-18-26-33-35-36(4)34-26)32-29(39)40-19-24-22-14-10-8-12-20(22)21-13-9-11-15-23(21)24;1-15(2,3)24-13(22)9-7-5-6-8-11(16)14(23)17-10-12-18-20-21(4)19-12/h8-15,24-25H,5-7,16-19H2,1-4H3,(H,31,38)(H,32,39);11H,5-10,16H2,1-4H3,(H,17,23)/t25-;11-/m00/s1. The van der Waals surface area contributed by atoms with Crippen LogP contribution in [0, 0.1) is 0 Å². The van der Waals surface area contributed by atoms with Crippen LogP contribution in [0.3, 0.4) is 0 Å². The smallest absolute Gasteiger partial charge is 0.407 e. The fraction of sp³-hybridized carbons (Fsp3) is 0.578. The highest BCUT2D eigenvalue weighted by Crippen LogP contribution is 2.44. The molecule has 0 fully saturated rings. The minimum atomic E-state index is -0.830. The zero-order valence-corrected chi connectivity index (χ0v) is 39.0. The molecule has 4 aromatic rings. The van der Waals surface area contributed by atoms with Crippen molar-refractivity contribution < 1.29 is 38.2 Å². The molecule has 1 aliphatic carbocycles. The van der Waals surface area contributed by atoms with Gasteiger partial charge in [-0.2, -0.15) is 9.59 Å². The van der Waals surface area contributed by atoms with Crippen molar-refractivity contribution in [1.29, 1.82) is 0 Å². The van der Waals surface area contributed by atoms with Gasteiger partial charge in [0, 0.05) is 18.8 Å². The van der Waals surface area contributed by atoms with Crippen LogP contribution in [-0.2, 0) is 60.6 Å². The predicted octanol–water partition coefficient (Wildman–Crippen LogP) is 4.47. The summed E-state index contributed by atoms with van der Waals surface area (Å²) in [5.74, 6) is -0.349. The second-order valence-corrected chi connectivity index (χ2v) is 17.8. The highest BCUT2D eigenvalue weighted by atomic mass is 16.6. The molecule has 0 bridgehead atoms. The number of amides is 3. The van der Waals surface area contributed by atoms with Crippen LogP contribution in [-0.4, -0.2) is 100 Å². The van der Waals surface area contributed by atoms with Gasteiger partial charge in [-0.3, -0.25) is 19.2 Å². The molecule has 0 aliphatic heterocycles. The second-order valence-electron chi connectivity index (χ2n) is 17.8. The third-order valence-electron chi connectivity index (χ3n) is 9.84. The number of carbonyl (C=O) groups excluding carboxylic acids is 5. The number of carbonyl (C=O) groups is 5. The summed E-state index contributed by atoms with van der Waals surface area (Å²) in [5, 5.41) is 31.3. The quantitative estimate of drug-likeness (QED) is 0.0511. The lowest BCUT2D eigenvalue weighted by atomic mass is 9.98. The number of alkyl carbamates (subject to hydrolysis) is 1. The van der Waals surface area contributed by atoms with Gasteiger partial charge in [-0.25, -0.2) is 4.79 Å². The predicted molar refractivity (Wildman–Crippen MR) is 239 cm³/mol. The summed E-state index contributed by atoms with van der Waals surface area (Å²) in [6.07, 6.45) is 5.22. The molecule has 0 spiro atoms. The van der Waals surface area contributed by atoms with E-state index in [0.717, 1.165) is 41.5 Å². The van der Waals surface area contributed by atoms with Gasteiger partial charge in [-0.05, 0) is 99.9 Å². The number of nitrogens with zero attached hydrogens (tertiary/aromatic N) is 8. The van der Waals surface area contributed by atoms with Crippen LogP contribution >= 0.6 is 0 Å². The molecular weight excluding hydrogens is 837 g/mol. The van der Waals surface area contributed by atoms with Gasteiger partial charge in [0.1, 0.15) is 23.9 Å². The van der Waals surface area contributed by atoms with Crippen molar-refractivity contribution in [2.75, 3.05) is 6.61 Å². The third-order valence-corrected chi connectivity index (χ3v) is 9.84. The average Bonchev–Trinajstić information content (AvgIpc) is 3.95. The van der Waals surface area contributed by atoms with Crippen LogP contribution in [0.25, 0.3) is 11.1 Å². The SMILES string of the molecule is Cn1nnc(CNC(=O)[C@@H](N)CCCCCC(=O)OC(C)(C)C)n1.Cn1nnc(CNC(=O)[C@H](CCCCCC(=O)OC(C)(C)C)NC(=O)OCC2c3ccccc3-c3ccccc32)n1. The van der Waals surface area contributed by atoms with Crippen LogP contribution in [0.4, 0.5) is 4.79 Å².